The number of hydrogen-bond donors (Lipinski definition) is 0. The van der Waals surface area contributed by atoms with Crippen molar-refractivity contribution in [3.63, 3.8) is 0 Å². The average molecular weight is 115 g/mol. The summed E-state index contributed by atoms with van der Waals surface area (Å²) in [6.45, 7) is 5.84. The van der Waals surface area contributed by atoms with Crippen molar-refractivity contribution in [1.29, 1.82) is 0 Å². The number of cyclic esters (lactones) is 1. The van der Waals surface area contributed by atoms with E-state index >= 15 is 0 Å². The highest BCUT2D eigenvalue weighted by atomic mass is 16.6. The van der Waals surface area contributed by atoms with E-state index in [0.29, 0.717) is 5.97 Å². The lowest BCUT2D eigenvalue weighted by molar-refractivity contribution is -0.490. The molecule has 1 aliphatic rings. The maximum absolute atomic E-state index is 5.17. The molecule has 1 heterocycles. The third kappa shape index (κ3) is 0.831. The van der Waals surface area contributed by atoms with E-state index in [-0.39, 0.29) is 12.2 Å². The Hall–Kier alpha value is -0.530. The van der Waals surface area contributed by atoms with Crippen LogP contribution in [0, 0.1) is 0 Å². The van der Waals surface area contributed by atoms with E-state index in [1.165, 1.54) is 0 Å². The molecule has 0 bridgehead atoms. The predicted octanol–water partition coefficient (Wildman–Crippen LogP) is 0.876. The van der Waals surface area contributed by atoms with Crippen LogP contribution in [0.25, 0.3) is 0 Å². The van der Waals surface area contributed by atoms with Crippen molar-refractivity contribution in [3.05, 3.63) is 0 Å². The van der Waals surface area contributed by atoms with Gasteiger partial charge in [0.1, 0.15) is 0 Å². The van der Waals surface area contributed by atoms with Gasteiger partial charge in [-0.05, 0) is 0 Å². The molecule has 0 N–H and O–H groups in total. The molecule has 0 aromatic heterocycles. The molecule has 0 saturated heterocycles. The predicted molar refractivity (Wildman–Crippen MR) is 30.7 cm³/mol. The summed E-state index contributed by atoms with van der Waals surface area (Å²) in [5.74, 6) is 0.699. The van der Waals surface area contributed by atoms with Gasteiger partial charge in [0.2, 0.25) is 0 Å². The van der Waals surface area contributed by atoms with Gasteiger partial charge >= 0.3 is 5.97 Å². The first-order valence-corrected chi connectivity index (χ1v) is 2.87. The van der Waals surface area contributed by atoms with Gasteiger partial charge in [0.15, 0.2) is 0 Å². The molecule has 8 heavy (non-hydrogen) atoms. The Morgan fingerprint density at radius 1 is 1.50 bits per heavy atom. The van der Waals surface area contributed by atoms with Crippen LogP contribution in [0.1, 0.15) is 20.8 Å². The molecule has 46 valence electrons. The fraction of sp³-hybridized carbons (Fsp3) is 0.833. The van der Waals surface area contributed by atoms with E-state index in [4.69, 9.17) is 9.16 Å². The lowest BCUT2D eigenvalue weighted by Crippen LogP contribution is -2.15. The molecule has 1 aliphatic heterocycles. The summed E-state index contributed by atoms with van der Waals surface area (Å²) < 4.78 is 10.3. The van der Waals surface area contributed by atoms with E-state index in [0.717, 1.165) is 0 Å². The van der Waals surface area contributed by atoms with Crippen LogP contribution in [-0.4, -0.2) is 18.2 Å². The second kappa shape index (κ2) is 1.77. The normalized spacial score (nSPS) is 36.6. The molecule has 1 rings (SSSR count). The molecule has 0 radical (unpaired) electrons. The zero-order valence-electron chi connectivity index (χ0n) is 5.47. The van der Waals surface area contributed by atoms with Gasteiger partial charge in [0, 0.05) is 13.8 Å². The van der Waals surface area contributed by atoms with Crippen molar-refractivity contribution in [3.8, 4) is 0 Å². The average Bonchev–Trinajstić information content (AvgIpc) is 1.85. The maximum atomic E-state index is 5.17. The minimum Gasteiger partial charge on any atom is -0.312 e. The van der Waals surface area contributed by atoms with Gasteiger partial charge in [-0.15, -0.1) is 0 Å². The first-order valence-electron chi connectivity index (χ1n) is 2.87. The van der Waals surface area contributed by atoms with E-state index in [9.17, 15) is 0 Å². The number of esters is 1. The Bertz CT molecular complexity index is 118. The van der Waals surface area contributed by atoms with Gasteiger partial charge in [-0.3, -0.25) is 0 Å². The van der Waals surface area contributed by atoms with Crippen LogP contribution < -0.4 is 0 Å². The summed E-state index contributed by atoms with van der Waals surface area (Å²) in [7, 11) is 0. The van der Waals surface area contributed by atoms with Gasteiger partial charge < -0.3 is 9.16 Å². The lowest BCUT2D eigenvalue weighted by atomic mass is 10.3. The van der Waals surface area contributed by atoms with Crippen molar-refractivity contribution in [2.75, 3.05) is 0 Å². The van der Waals surface area contributed by atoms with Gasteiger partial charge in [0.25, 0.3) is 12.2 Å². The molecule has 0 spiro atoms. The highest BCUT2D eigenvalue weighted by molar-refractivity contribution is 5.67. The van der Waals surface area contributed by atoms with Crippen molar-refractivity contribution in [2.45, 2.75) is 33.0 Å². The van der Waals surface area contributed by atoms with Crippen LogP contribution in [0.4, 0.5) is 0 Å². The molecule has 0 amide bonds. The van der Waals surface area contributed by atoms with Crippen LogP contribution >= 0.6 is 0 Å². The summed E-state index contributed by atoms with van der Waals surface area (Å²) in [6, 6.07) is 0. The smallest absolute Gasteiger partial charge is 0.312 e. The Morgan fingerprint density at radius 3 is 2.25 bits per heavy atom. The molecule has 0 fully saturated rings. The monoisotopic (exact) mass is 115 g/mol. The number of rotatable bonds is 0. The van der Waals surface area contributed by atoms with Crippen molar-refractivity contribution in [1.82, 2.24) is 0 Å². The van der Waals surface area contributed by atoms with Gasteiger partial charge in [-0.1, -0.05) is 0 Å². The molecule has 2 atom stereocenters. The van der Waals surface area contributed by atoms with Crippen LogP contribution in [0.15, 0.2) is 0 Å². The molecule has 0 saturated carbocycles. The minimum atomic E-state index is 0.231. The molecular formula is C6H11O2+. The van der Waals surface area contributed by atoms with Crippen LogP contribution in [-0.2, 0) is 9.16 Å². The van der Waals surface area contributed by atoms with Crippen molar-refractivity contribution >= 4 is 5.97 Å². The number of carbonyl (C=O) groups excluding carboxylic acids is 1. The zero-order chi connectivity index (χ0) is 6.15. The van der Waals surface area contributed by atoms with E-state index in [1.807, 2.05) is 20.8 Å². The summed E-state index contributed by atoms with van der Waals surface area (Å²) in [5, 5.41) is 0. The highest BCUT2D eigenvalue weighted by Crippen LogP contribution is 2.06. The van der Waals surface area contributed by atoms with E-state index in [2.05, 4.69) is 0 Å². The topological polar surface area (TPSA) is 20.5 Å². The zero-order valence-corrected chi connectivity index (χ0v) is 5.47. The fourth-order valence-electron chi connectivity index (χ4n) is 0.743. The molecular weight excluding hydrogens is 104 g/mol. The number of ether oxygens (including phenoxy) is 1. The first kappa shape index (κ1) is 5.60. The Kier molecular flexibility index (Phi) is 1.24. The third-order valence-electron chi connectivity index (χ3n) is 1.36. The molecule has 0 unspecified atom stereocenters. The second-order valence-electron chi connectivity index (χ2n) is 2.14. The standard InChI is InChI=1S/C6H11O2/c1-4-5(2)8-6(3)7-4/h4-5H,1-3H3/q+1/t4-,5+. The Labute approximate surface area is 49.2 Å². The van der Waals surface area contributed by atoms with E-state index < -0.39 is 0 Å². The second-order valence-corrected chi connectivity index (χ2v) is 2.14. The summed E-state index contributed by atoms with van der Waals surface area (Å²) in [6.07, 6.45) is 0.463. The van der Waals surface area contributed by atoms with Crippen LogP contribution in [0.5, 0.6) is 0 Å². The quantitative estimate of drug-likeness (QED) is 0.339. The molecule has 0 aliphatic carbocycles. The first-order chi connectivity index (χ1) is 3.70. The SMILES string of the molecule is CC1=[O+][C@H](C)[C@H](C)O1. The summed E-state index contributed by atoms with van der Waals surface area (Å²) in [5.41, 5.74) is 0. The fourth-order valence-corrected chi connectivity index (χ4v) is 0.743. The third-order valence-corrected chi connectivity index (χ3v) is 1.36. The van der Waals surface area contributed by atoms with Crippen LogP contribution in [0.3, 0.4) is 0 Å². The largest absolute Gasteiger partial charge is 0.482 e. The van der Waals surface area contributed by atoms with Gasteiger partial charge in [0.05, 0.1) is 6.92 Å². The van der Waals surface area contributed by atoms with Crippen molar-refractivity contribution in [2.24, 2.45) is 0 Å². The van der Waals surface area contributed by atoms with Gasteiger partial charge in [-0.25, -0.2) is 0 Å². The molecule has 2 heteroatoms. The summed E-state index contributed by atoms with van der Waals surface area (Å²) >= 11 is 0. The van der Waals surface area contributed by atoms with Crippen LogP contribution in [0.2, 0.25) is 0 Å². The molecule has 0 aromatic carbocycles. The van der Waals surface area contributed by atoms with Gasteiger partial charge in [-0.2, -0.15) is 0 Å². The molecule has 0 aromatic rings. The van der Waals surface area contributed by atoms with E-state index in [1.54, 1.807) is 0 Å². The Morgan fingerprint density at radius 2 is 2.12 bits per heavy atom. The highest BCUT2D eigenvalue weighted by Gasteiger charge is 2.32. The number of hydrogen-bond acceptors (Lipinski definition) is 1. The Balaban J connectivity index is 2.56. The minimum absolute atomic E-state index is 0.231. The molecule has 2 nitrogen and oxygen atoms in total. The maximum Gasteiger partial charge on any atom is 0.482 e. The van der Waals surface area contributed by atoms with Crippen molar-refractivity contribution < 1.29 is 9.16 Å². The lowest BCUT2D eigenvalue weighted by Gasteiger charge is -1.91. The summed E-state index contributed by atoms with van der Waals surface area (Å²) in [4.78, 5) is 0.